The molecule has 0 aliphatic carbocycles. The summed E-state index contributed by atoms with van der Waals surface area (Å²) in [6.45, 7) is 5.87. The molecule has 84 valence electrons. The predicted octanol–water partition coefficient (Wildman–Crippen LogP) is 2.60. The van der Waals surface area contributed by atoms with Crippen molar-refractivity contribution in [3.8, 4) is 6.07 Å². The van der Waals surface area contributed by atoms with Crippen LogP contribution in [0.1, 0.15) is 19.4 Å². The van der Waals surface area contributed by atoms with E-state index in [0.29, 0.717) is 10.7 Å². The molecule has 0 saturated carbocycles. The maximum atomic E-state index is 8.78. The molecule has 0 heterocycles. The fraction of sp³-hybridized carbons (Fsp3) is 0.333. The highest BCUT2D eigenvalue weighted by atomic mass is 32.1. The highest BCUT2D eigenvalue weighted by Crippen LogP contribution is 2.10. The average molecular weight is 233 g/mol. The smallest absolute Gasteiger partial charge is 0.173 e. The van der Waals surface area contributed by atoms with E-state index < -0.39 is 0 Å². The number of hydrogen-bond donors (Lipinski definition) is 1. The third-order valence-electron chi connectivity index (χ3n) is 2.29. The summed E-state index contributed by atoms with van der Waals surface area (Å²) in [6, 6.07) is 9.40. The van der Waals surface area contributed by atoms with Crippen molar-refractivity contribution in [1.29, 1.82) is 5.26 Å². The Morgan fingerprint density at radius 3 is 2.69 bits per heavy atom. The van der Waals surface area contributed by atoms with E-state index in [-0.39, 0.29) is 0 Å². The van der Waals surface area contributed by atoms with Crippen LogP contribution in [-0.4, -0.2) is 23.1 Å². The first-order valence-corrected chi connectivity index (χ1v) is 5.68. The van der Waals surface area contributed by atoms with Gasteiger partial charge in [-0.1, -0.05) is 6.07 Å². The molecular formula is C12H15N3S. The van der Waals surface area contributed by atoms with Crippen LogP contribution in [0, 0.1) is 11.3 Å². The van der Waals surface area contributed by atoms with Crippen molar-refractivity contribution in [3.63, 3.8) is 0 Å². The van der Waals surface area contributed by atoms with Gasteiger partial charge in [0.15, 0.2) is 5.11 Å². The highest BCUT2D eigenvalue weighted by Gasteiger charge is 2.05. The molecule has 0 spiro atoms. The van der Waals surface area contributed by atoms with Crippen LogP contribution in [0.3, 0.4) is 0 Å². The molecule has 0 aromatic heterocycles. The summed E-state index contributed by atoms with van der Waals surface area (Å²) < 4.78 is 0. The van der Waals surface area contributed by atoms with E-state index in [1.54, 1.807) is 12.1 Å². The van der Waals surface area contributed by atoms with Gasteiger partial charge in [-0.15, -0.1) is 0 Å². The maximum absolute atomic E-state index is 8.78. The molecule has 16 heavy (non-hydrogen) atoms. The van der Waals surface area contributed by atoms with Crippen molar-refractivity contribution in [1.82, 2.24) is 4.90 Å². The SMILES string of the molecule is CCN(CC)C(=S)Nc1cccc(C#N)c1. The molecule has 1 rings (SSSR count). The third kappa shape index (κ3) is 3.21. The zero-order valence-corrected chi connectivity index (χ0v) is 10.3. The van der Waals surface area contributed by atoms with Crippen LogP contribution in [0.25, 0.3) is 0 Å². The third-order valence-corrected chi connectivity index (χ3v) is 2.65. The summed E-state index contributed by atoms with van der Waals surface area (Å²) in [5.41, 5.74) is 1.49. The minimum Gasteiger partial charge on any atom is -0.350 e. The lowest BCUT2D eigenvalue weighted by Gasteiger charge is -2.22. The van der Waals surface area contributed by atoms with Gasteiger partial charge in [0.25, 0.3) is 0 Å². The molecule has 3 nitrogen and oxygen atoms in total. The summed E-state index contributed by atoms with van der Waals surface area (Å²) in [4.78, 5) is 2.05. The van der Waals surface area contributed by atoms with E-state index >= 15 is 0 Å². The summed E-state index contributed by atoms with van der Waals surface area (Å²) >= 11 is 5.27. The van der Waals surface area contributed by atoms with Gasteiger partial charge in [-0.2, -0.15) is 5.26 Å². The number of hydrogen-bond acceptors (Lipinski definition) is 2. The van der Waals surface area contributed by atoms with E-state index in [2.05, 4.69) is 25.2 Å². The van der Waals surface area contributed by atoms with Gasteiger partial charge in [-0.25, -0.2) is 0 Å². The first-order valence-electron chi connectivity index (χ1n) is 5.27. The molecule has 0 unspecified atom stereocenters. The van der Waals surface area contributed by atoms with Crippen molar-refractivity contribution in [2.75, 3.05) is 18.4 Å². The van der Waals surface area contributed by atoms with Crippen molar-refractivity contribution < 1.29 is 0 Å². The molecule has 0 fully saturated rings. The Morgan fingerprint density at radius 2 is 2.12 bits per heavy atom. The number of thiocarbonyl (C=S) groups is 1. The fourth-order valence-corrected chi connectivity index (χ4v) is 1.76. The van der Waals surface area contributed by atoms with E-state index in [9.17, 15) is 0 Å². The average Bonchev–Trinajstić information content (AvgIpc) is 2.31. The van der Waals surface area contributed by atoms with E-state index in [4.69, 9.17) is 17.5 Å². The number of nitrogens with zero attached hydrogens (tertiary/aromatic N) is 2. The van der Waals surface area contributed by atoms with Crippen LogP contribution in [0.15, 0.2) is 24.3 Å². The summed E-state index contributed by atoms with van der Waals surface area (Å²) in [5, 5.41) is 12.6. The Balaban J connectivity index is 2.73. The lowest BCUT2D eigenvalue weighted by Crippen LogP contribution is -2.34. The molecule has 1 aromatic carbocycles. The summed E-state index contributed by atoms with van der Waals surface area (Å²) in [6.07, 6.45) is 0. The van der Waals surface area contributed by atoms with E-state index in [1.807, 2.05) is 17.0 Å². The van der Waals surface area contributed by atoms with Crippen molar-refractivity contribution in [3.05, 3.63) is 29.8 Å². The predicted molar refractivity (Wildman–Crippen MR) is 70.3 cm³/mol. The largest absolute Gasteiger partial charge is 0.350 e. The van der Waals surface area contributed by atoms with Gasteiger partial charge < -0.3 is 10.2 Å². The van der Waals surface area contributed by atoms with Crippen molar-refractivity contribution in [2.24, 2.45) is 0 Å². The normalized spacial score (nSPS) is 9.31. The Bertz CT molecular complexity index is 405. The Hall–Kier alpha value is -1.60. The molecule has 0 radical (unpaired) electrons. The Kier molecular flexibility index (Phi) is 4.74. The molecular weight excluding hydrogens is 218 g/mol. The molecule has 1 N–H and O–H groups in total. The first-order chi connectivity index (χ1) is 7.71. The minimum absolute atomic E-state index is 0.632. The Morgan fingerprint density at radius 1 is 1.44 bits per heavy atom. The van der Waals surface area contributed by atoms with Gasteiger partial charge in [0.05, 0.1) is 11.6 Å². The van der Waals surface area contributed by atoms with Crippen LogP contribution in [-0.2, 0) is 0 Å². The number of benzene rings is 1. The van der Waals surface area contributed by atoms with Gasteiger partial charge in [0, 0.05) is 18.8 Å². The zero-order chi connectivity index (χ0) is 12.0. The molecule has 0 bridgehead atoms. The van der Waals surface area contributed by atoms with Gasteiger partial charge in [0.1, 0.15) is 0 Å². The van der Waals surface area contributed by atoms with Gasteiger partial charge >= 0.3 is 0 Å². The fourth-order valence-electron chi connectivity index (χ4n) is 1.38. The molecule has 0 atom stereocenters. The van der Waals surface area contributed by atoms with E-state index in [1.165, 1.54) is 0 Å². The van der Waals surface area contributed by atoms with Crippen molar-refractivity contribution in [2.45, 2.75) is 13.8 Å². The van der Waals surface area contributed by atoms with Crippen LogP contribution in [0.2, 0.25) is 0 Å². The second-order valence-corrected chi connectivity index (χ2v) is 3.68. The monoisotopic (exact) mass is 233 g/mol. The molecule has 4 heteroatoms. The number of nitrogens with one attached hydrogen (secondary N) is 1. The number of anilines is 1. The first kappa shape index (κ1) is 12.5. The summed E-state index contributed by atoms with van der Waals surface area (Å²) in [7, 11) is 0. The topological polar surface area (TPSA) is 39.1 Å². The van der Waals surface area contributed by atoms with E-state index in [0.717, 1.165) is 18.8 Å². The van der Waals surface area contributed by atoms with Crippen LogP contribution in [0.4, 0.5) is 5.69 Å². The second kappa shape index (κ2) is 6.09. The van der Waals surface area contributed by atoms with Gasteiger partial charge in [0.2, 0.25) is 0 Å². The van der Waals surface area contributed by atoms with Crippen LogP contribution >= 0.6 is 12.2 Å². The second-order valence-electron chi connectivity index (χ2n) is 3.30. The molecule has 0 amide bonds. The lowest BCUT2D eigenvalue weighted by molar-refractivity contribution is 0.473. The van der Waals surface area contributed by atoms with Gasteiger partial charge in [-0.05, 0) is 44.3 Å². The lowest BCUT2D eigenvalue weighted by atomic mass is 10.2. The summed E-state index contributed by atoms with van der Waals surface area (Å²) in [5.74, 6) is 0. The van der Waals surface area contributed by atoms with Crippen LogP contribution in [0.5, 0.6) is 0 Å². The number of nitriles is 1. The van der Waals surface area contributed by atoms with Crippen molar-refractivity contribution >= 4 is 23.0 Å². The van der Waals surface area contributed by atoms with Gasteiger partial charge in [-0.3, -0.25) is 0 Å². The van der Waals surface area contributed by atoms with Crippen LogP contribution < -0.4 is 5.32 Å². The Labute approximate surface area is 102 Å². The maximum Gasteiger partial charge on any atom is 0.173 e. The zero-order valence-electron chi connectivity index (χ0n) is 9.53. The molecule has 0 saturated heterocycles. The minimum atomic E-state index is 0.632. The molecule has 0 aliphatic rings. The quantitative estimate of drug-likeness (QED) is 0.815. The standard InChI is InChI=1S/C12H15N3S/c1-3-15(4-2)12(16)14-11-7-5-6-10(8-11)9-13/h5-8H,3-4H2,1-2H3,(H,14,16). The molecule has 0 aliphatic heterocycles. The molecule has 1 aromatic rings. The highest BCUT2D eigenvalue weighted by molar-refractivity contribution is 7.80. The number of rotatable bonds is 3.